The van der Waals surface area contributed by atoms with Gasteiger partial charge in [-0.1, -0.05) is 0 Å². The van der Waals surface area contributed by atoms with Gasteiger partial charge in [-0.15, -0.1) is 0 Å². The molecule has 0 saturated heterocycles. The molecule has 0 heterocycles. The van der Waals surface area contributed by atoms with Crippen LogP contribution >= 0.6 is 0 Å². The number of rotatable bonds is 0. The molecule has 0 amide bonds. The van der Waals surface area contributed by atoms with Crippen molar-refractivity contribution >= 4 is 0 Å². The summed E-state index contributed by atoms with van der Waals surface area (Å²) in [5.74, 6) is -40.4. The maximum atomic E-state index is 13.1. The molecule has 14 heteroatoms. The summed E-state index contributed by atoms with van der Waals surface area (Å²) in [5, 5.41) is 0. The molecule has 1 aliphatic rings. The molecule has 1 rings (SSSR count). The zero-order valence-corrected chi connectivity index (χ0v) is 9.45. The van der Waals surface area contributed by atoms with Crippen molar-refractivity contribution in [3.05, 3.63) is 0 Å². The van der Waals surface area contributed by atoms with Gasteiger partial charge in [0.2, 0.25) is 0 Å². The molecule has 1 saturated carbocycles. The second kappa shape index (κ2) is 4.30. The Balaban J connectivity index is 3.78. The van der Waals surface area contributed by atoms with Crippen molar-refractivity contribution in [2.75, 3.05) is 0 Å². The van der Waals surface area contributed by atoms with Gasteiger partial charge in [-0.3, -0.25) is 0 Å². The molecule has 22 heavy (non-hydrogen) atoms. The van der Waals surface area contributed by atoms with Crippen LogP contribution in [-0.2, 0) is 0 Å². The maximum Gasteiger partial charge on any atom is 0.403 e. The van der Waals surface area contributed by atoms with E-state index in [1.807, 2.05) is 0 Å². The molecule has 0 aromatic heterocycles. The molecule has 1 fully saturated rings. The van der Waals surface area contributed by atoms with Crippen molar-refractivity contribution in [3.8, 4) is 0 Å². The van der Waals surface area contributed by atoms with Gasteiger partial charge in [-0.05, 0) is 0 Å². The lowest BCUT2D eigenvalue weighted by Gasteiger charge is -2.50. The van der Waals surface area contributed by atoms with Gasteiger partial charge in [0.05, 0.1) is 0 Å². The molecule has 2 unspecified atom stereocenters. The molecule has 2 atom stereocenters. The SMILES string of the molecule is FC(F)(F)C1C(F)(F)C(C(F)(F)F)C(F)(F)C(F)(F)C1(F)F. The highest BCUT2D eigenvalue weighted by atomic mass is 19.4. The fraction of sp³-hybridized carbons (Fsp3) is 1.00. The lowest BCUT2D eigenvalue weighted by Crippen LogP contribution is -2.76. The van der Waals surface area contributed by atoms with Crippen molar-refractivity contribution in [2.24, 2.45) is 11.8 Å². The molecular formula is C8H2F14. The summed E-state index contributed by atoms with van der Waals surface area (Å²) < 4.78 is 177. The predicted octanol–water partition coefficient (Wildman–Crippen LogP) is 4.90. The molecule has 0 aromatic carbocycles. The van der Waals surface area contributed by atoms with Crippen LogP contribution in [0.25, 0.3) is 0 Å². The second-order valence-electron chi connectivity index (χ2n) is 4.44. The Morgan fingerprint density at radius 1 is 0.500 bits per heavy atom. The third-order valence-corrected chi connectivity index (χ3v) is 2.99. The number of halogens is 14. The van der Waals surface area contributed by atoms with Crippen LogP contribution < -0.4 is 0 Å². The fourth-order valence-corrected chi connectivity index (χ4v) is 2.08. The standard InChI is InChI=1S/C8H2F14/c9-3(10)1(6(15,16)17)4(11,12)8(21,22)5(13,14)2(3)7(18,19)20/h1-2H. The number of alkyl halides is 14. The largest absolute Gasteiger partial charge is 0.403 e. The van der Waals surface area contributed by atoms with E-state index in [1.54, 1.807) is 0 Å². The van der Waals surface area contributed by atoms with Gasteiger partial charge in [0.25, 0.3) is 5.92 Å². The Hall–Kier alpha value is -0.980. The van der Waals surface area contributed by atoms with E-state index in [2.05, 4.69) is 0 Å². The summed E-state index contributed by atoms with van der Waals surface area (Å²) >= 11 is 0. The van der Waals surface area contributed by atoms with Gasteiger partial charge in [-0.25, -0.2) is 8.78 Å². The van der Waals surface area contributed by atoms with E-state index in [9.17, 15) is 61.5 Å². The summed E-state index contributed by atoms with van der Waals surface area (Å²) in [6.45, 7) is 0. The van der Waals surface area contributed by atoms with E-state index < -0.39 is 47.9 Å². The Morgan fingerprint density at radius 3 is 0.909 bits per heavy atom. The first-order valence-corrected chi connectivity index (χ1v) is 4.88. The first-order valence-electron chi connectivity index (χ1n) is 4.88. The van der Waals surface area contributed by atoms with Crippen LogP contribution in [0.1, 0.15) is 0 Å². The monoisotopic (exact) mass is 364 g/mol. The van der Waals surface area contributed by atoms with Crippen LogP contribution in [0.4, 0.5) is 61.5 Å². The minimum absolute atomic E-state index is 5.94. The van der Waals surface area contributed by atoms with Crippen LogP contribution in [0.15, 0.2) is 0 Å². The van der Waals surface area contributed by atoms with E-state index in [1.165, 1.54) is 0 Å². The van der Waals surface area contributed by atoms with Crippen LogP contribution in [0, 0.1) is 11.8 Å². The van der Waals surface area contributed by atoms with E-state index in [4.69, 9.17) is 0 Å². The molecule has 0 radical (unpaired) electrons. The average molecular weight is 364 g/mol. The highest BCUT2D eigenvalue weighted by Gasteiger charge is 2.94. The summed E-state index contributed by atoms with van der Waals surface area (Å²) in [7, 11) is 0. The fourth-order valence-electron chi connectivity index (χ4n) is 2.08. The van der Waals surface area contributed by atoms with Gasteiger partial charge >= 0.3 is 30.1 Å². The first-order chi connectivity index (χ1) is 9.23. The van der Waals surface area contributed by atoms with E-state index in [0.717, 1.165) is 0 Å². The van der Waals surface area contributed by atoms with E-state index in [0.29, 0.717) is 0 Å². The molecule has 0 N–H and O–H groups in total. The van der Waals surface area contributed by atoms with Gasteiger partial charge in [0, 0.05) is 0 Å². The predicted molar refractivity (Wildman–Crippen MR) is 38.9 cm³/mol. The first kappa shape index (κ1) is 19.1. The highest BCUT2D eigenvalue weighted by molar-refractivity contribution is 5.17. The average Bonchev–Trinajstić information content (AvgIpc) is 2.06. The normalized spacial score (nSPS) is 33.5. The molecule has 0 spiro atoms. The molecule has 0 aliphatic heterocycles. The Labute approximate surface area is 111 Å². The Kier molecular flexibility index (Phi) is 3.73. The molecule has 0 bridgehead atoms. The van der Waals surface area contributed by atoms with Crippen molar-refractivity contribution in [3.63, 3.8) is 0 Å². The minimum atomic E-state index is -7.30. The second-order valence-corrected chi connectivity index (χ2v) is 4.44. The molecule has 1 aliphatic carbocycles. The van der Waals surface area contributed by atoms with Crippen LogP contribution in [0.5, 0.6) is 0 Å². The highest BCUT2D eigenvalue weighted by Crippen LogP contribution is 2.69. The van der Waals surface area contributed by atoms with Gasteiger partial charge in [-0.2, -0.15) is 52.7 Å². The minimum Gasteiger partial charge on any atom is -0.205 e. The third kappa shape index (κ3) is 2.20. The molecule has 0 aromatic rings. The molecule has 0 nitrogen and oxygen atoms in total. The smallest absolute Gasteiger partial charge is 0.205 e. The zero-order valence-electron chi connectivity index (χ0n) is 9.45. The topological polar surface area (TPSA) is 0 Å². The molecular weight excluding hydrogens is 362 g/mol. The lowest BCUT2D eigenvalue weighted by molar-refractivity contribution is -0.469. The van der Waals surface area contributed by atoms with Crippen LogP contribution in [-0.4, -0.2) is 36.0 Å². The summed E-state index contributed by atoms with van der Waals surface area (Å²) in [6, 6.07) is 0. The van der Waals surface area contributed by atoms with E-state index in [-0.39, 0.29) is 0 Å². The Bertz CT molecular complexity index is 401. The van der Waals surface area contributed by atoms with Gasteiger partial charge in [0.1, 0.15) is 0 Å². The van der Waals surface area contributed by atoms with Gasteiger partial charge in [0.15, 0.2) is 11.8 Å². The van der Waals surface area contributed by atoms with Gasteiger partial charge < -0.3 is 0 Å². The van der Waals surface area contributed by atoms with Crippen molar-refractivity contribution < 1.29 is 61.5 Å². The third-order valence-electron chi connectivity index (χ3n) is 2.99. The van der Waals surface area contributed by atoms with Crippen molar-refractivity contribution in [2.45, 2.75) is 36.0 Å². The van der Waals surface area contributed by atoms with E-state index >= 15 is 0 Å². The van der Waals surface area contributed by atoms with Crippen molar-refractivity contribution in [1.82, 2.24) is 0 Å². The summed E-state index contributed by atoms with van der Waals surface area (Å²) in [5.41, 5.74) is 0. The maximum absolute atomic E-state index is 13.1. The lowest BCUT2D eigenvalue weighted by atomic mass is 9.69. The quantitative estimate of drug-likeness (QED) is 0.537. The van der Waals surface area contributed by atoms with Crippen LogP contribution in [0.3, 0.4) is 0 Å². The summed E-state index contributed by atoms with van der Waals surface area (Å²) in [4.78, 5) is 0. The number of hydrogen-bond acceptors (Lipinski definition) is 0. The Morgan fingerprint density at radius 2 is 0.727 bits per heavy atom. The molecule has 132 valence electrons. The van der Waals surface area contributed by atoms with Crippen molar-refractivity contribution in [1.29, 1.82) is 0 Å². The zero-order chi connectivity index (χ0) is 18.2. The van der Waals surface area contributed by atoms with Crippen LogP contribution in [0.2, 0.25) is 0 Å². The summed E-state index contributed by atoms with van der Waals surface area (Å²) in [6.07, 6.45) is -14.0. The number of hydrogen-bond donors (Lipinski definition) is 0.